The molecule has 1 spiro atoms. The third-order valence-electron chi connectivity index (χ3n) is 23.2. The molecule has 3 N–H and O–H groups in total. The molecule has 0 aromatic heterocycles. The summed E-state index contributed by atoms with van der Waals surface area (Å²) in [7, 11) is 9.09. The molecule has 542 valence electrons. The minimum atomic E-state index is -4.49. The van der Waals surface area contributed by atoms with Crippen LogP contribution >= 0.6 is 11.6 Å². The Morgan fingerprint density at radius 3 is 1.80 bits per heavy atom. The normalized spacial score (nSPS) is 33.2. The SMILES string of the molecule is CC[C@H](C)[C@@H]1NC(=O)[C@H](CC(C)C)N(C)C(=O)C[C@@H](C)N(C)C(=O)[C@H](C2CCCC2)N(C)C(=O)C2(CCCC2)NC(=O)[C@@H]2CCCN2C(=O)[C@H](CCC2CCC(C(F)(F)F)C(Cl)C2)NC(=O)CN(C)C(=O)[C@H](CC2CCC(C)CC2)N(C)C(=O)[C@@H]2CCN2C(=O)[C@H](C)N(C)C1=O. The van der Waals surface area contributed by atoms with E-state index in [0.29, 0.717) is 44.4 Å². The fourth-order valence-electron chi connectivity index (χ4n) is 16.3. The molecule has 26 heteroatoms. The number of fused-ring (bicyclic) bond motifs is 2. The maximum atomic E-state index is 15.4. The van der Waals surface area contributed by atoms with Crippen LogP contribution in [0.15, 0.2) is 0 Å². The Hall–Kier alpha value is -5.75. The third kappa shape index (κ3) is 18.2. The number of carbonyl (C=O) groups excluding carboxylic acids is 11. The smallest absolute Gasteiger partial charge is 0.343 e. The Morgan fingerprint density at radius 2 is 1.22 bits per heavy atom. The van der Waals surface area contributed by atoms with Crippen LogP contribution in [0.4, 0.5) is 13.2 Å². The van der Waals surface area contributed by atoms with Gasteiger partial charge in [-0.15, -0.1) is 11.6 Å². The van der Waals surface area contributed by atoms with Crippen molar-refractivity contribution in [3.63, 3.8) is 0 Å². The van der Waals surface area contributed by atoms with Crippen LogP contribution in [-0.4, -0.2) is 238 Å². The molecule has 3 saturated heterocycles. The van der Waals surface area contributed by atoms with Crippen LogP contribution in [0, 0.1) is 41.4 Å². The first-order valence-corrected chi connectivity index (χ1v) is 36.4. The maximum Gasteiger partial charge on any atom is 0.393 e. The monoisotopic (exact) mass is 1380 g/mol. The zero-order chi connectivity index (χ0) is 71.0. The van der Waals surface area contributed by atoms with Crippen molar-refractivity contribution in [1.29, 1.82) is 0 Å². The molecule has 4 aliphatic carbocycles. The summed E-state index contributed by atoms with van der Waals surface area (Å²) in [6.45, 7) is 12.7. The second-order valence-electron chi connectivity index (χ2n) is 30.4. The van der Waals surface area contributed by atoms with Gasteiger partial charge in [0.25, 0.3) is 0 Å². The molecule has 11 amide bonds. The largest absolute Gasteiger partial charge is 0.393 e. The minimum Gasteiger partial charge on any atom is -0.343 e. The lowest BCUT2D eigenvalue weighted by molar-refractivity contribution is -0.182. The zero-order valence-corrected chi connectivity index (χ0v) is 60.2. The highest BCUT2D eigenvalue weighted by Gasteiger charge is 2.52. The van der Waals surface area contributed by atoms with Crippen molar-refractivity contribution in [2.75, 3.05) is 61.9 Å². The van der Waals surface area contributed by atoms with Crippen LogP contribution in [0.5, 0.6) is 0 Å². The van der Waals surface area contributed by atoms with E-state index in [1.807, 2.05) is 27.7 Å². The van der Waals surface area contributed by atoms with Crippen molar-refractivity contribution in [2.45, 2.75) is 274 Å². The van der Waals surface area contributed by atoms with E-state index in [1.54, 1.807) is 27.9 Å². The van der Waals surface area contributed by atoms with Crippen molar-refractivity contribution in [1.82, 2.24) is 55.1 Å². The fourth-order valence-corrected chi connectivity index (χ4v) is 16.8. The van der Waals surface area contributed by atoms with Gasteiger partial charge in [-0.25, -0.2) is 0 Å². The Balaban J connectivity index is 1.24. The summed E-state index contributed by atoms with van der Waals surface area (Å²) in [5.74, 6) is -8.32. The summed E-state index contributed by atoms with van der Waals surface area (Å²) in [5, 5.41) is 7.73. The molecule has 4 saturated carbocycles. The van der Waals surface area contributed by atoms with Gasteiger partial charge >= 0.3 is 6.18 Å². The topological polar surface area (TPSA) is 250 Å². The second-order valence-corrected chi connectivity index (χ2v) is 31.0. The lowest BCUT2D eigenvalue weighted by Crippen LogP contribution is -2.65. The zero-order valence-electron chi connectivity index (χ0n) is 59.5. The molecule has 7 aliphatic rings. The molecule has 0 aromatic rings. The molecule has 3 heterocycles. The van der Waals surface area contributed by atoms with Gasteiger partial charge in [-0.2, -0.15) is 13.2 Å². The summed E-state index contributed by atoms with van der Waals surface area (Å²) in [5.41, 5.74) is -1.46. The molecule has 3 aliphatic heterocycles. The molecular weight excluding hydrogens is 1260 g/mol. The molecule has 0 aromatic carbocycles. The van der Waals surface area contributed by atoms with Gasteiger partial charge in [0.2, 0.25) is 65.0 Å². The average Bonchev–Trinajstić information content (AvgIpc) is 1.33. The van der Waals surface area contributed by atoms with Crippen LogP contribution in [0.2, 0.25) is 0 Å². The maximum absolute atomic E-state index is 15.4. The van der Waals surface area contributed by atoms with Gasteiger partial charge in [0, 0.05) is 73.2 Å². The van der Waals surface area contributed by atoms with E-state index in [1.165, 1.54) is 67.4 Å². The number of nitrogens with zero attached hydrogens (tertiary/aromatic N) is 8. The van der Waals surface area contributed by atoms with Gasteiger partial charge in [-0.05, 0) is 139 Å². The summed E-state index contributed by atoms with van der Waals surface area (Å²) in [4.78, 5) is 175. The predicted octanol–water partition coefficient (Wildman–Crippen LogP) is 6.88. The number of amides is 11. The number of nitrogens with one attached hydrogen (secondary N) is 3. The van der Waals surface area contributed by atoms with E-state index in [9.17, 15) is 41.9 Å². The number of halogens is 4. The first-order chi connectivity index (χ1) is 45.1. The van der Waals surface area contributed by atoms with Gasteiger partial charge < -0.3 is 55.1 Å². The van der Waals surface area contributed by atoms with Crippen LogP contribution in [0.1, 0.15) is 203 Å². The van der Waals surface area contributed by atoms with E-state index in [2.05, 4.69) is 22.9 Å². The van der Waals surface area contributed by atoms with Crippen LogP contribution < -0.4 is 16.0 Å². The molecule has 22 nitrogen and oxygen atoms in total. The molecule has 7 fully saturated rings. The first kappa shape index (κ1) is 77.6. The van der Waals surface area contributed by atoms with Gasteiger partial charge in [0.1, 0.15) is 53.9 Å². The standard InChI is InChI=1S/C70H113ClF3N11O11/c1-14-43(5)58-66(94)80(10)45(7)62(90)85-35-31-53(85)65(93)82(12)55(39-47-25-23-42(4)24-26-47)64(92)78(8)40-56(86)75-51(30-28-46-27-29-49(50(71)38-46)70(72,73)74)63(91)84-34-19-22-52(84)61(89)77-69(32-17-18-33-69)68(96)83(13)59(48-20-15-16-21-48)67(95)79(9)44(6)37-57(87)81(11)54(36-41(2)3)60(88)76-58/h41-55,58-59H,14-40H2,1-13H3,(H,75,86)(H,76,88)(H,77,89)/t42?,43-,44+,45-,46?,47?,49?,50?,51-,52-,53-,54-,55-,58-,59-/m0/s1. The first-order valence-electron chi connectivity index (χ1n) is 35.9. The van der Waals surface area contributed by atoms with E-state index in [4.69, 9.17) is 11.6 Å². The lowest BCUT2D eigenvalue weighted by Gasteiger charge is -2.45. The summed E-state index contributed by atoms with van der Waals surface area (Å²) in [6.07, 6.45) is 5.27. The third-order valence-corrected chi connectivity index (χ3v) is 23.7. The van der Waals surface area contributed by atoms with Crippen molar-refractivity contribution < 1.29 is 65.9 Å². The second kappa shape index (κ2) is 33.4. The average molecular weight is 1380 g/mol. The highest BCUT2D eigenvalue weighted by Crippen LogP contribution is 2.44. The molecule has 0 bridgehead atoms. The molecule has 96 heavy (non-hydrogen) atoms. The predicted molar refractivity (Wildman–Crippen MR) is 357 cm³/mol. The Morgan fingerprint density at radius 1 is 0.594 bits per heavy atom. The molecule has 3 unspecified atom stereocenters. The van der Waals surface area contributed by atoms with Gasteiger partial charge in [-0.3, -0.25) is 52.7 Å². The van der Waals surface area contributed by atoms with Crippen molar-refractivity contribution in [3.8, 4) is 0 Å². The fraction of sp³-hybridized carbons (Fsp3) is 0.843. The Labute approximate surface area is 572 Å². The van der Waals surface area contributed by atoms with Crippen molar-refractivity contribution >= 4 is 76.6 Å². The minimum absolute atomic E-state index is 0.0195. The molecular formula is C70H113ClF3N11O11. The number of rotatable bonds is 10. The Kier molecular flexibility index (Phi) is 27.0. The van der Waals surface area contributed by atoms with Crippen LogP contribution in [0.3, 0.4) is 0 Å². The van der Waals surface area contributed by atoms with Crippen molar-refractivity contribution in [3.05, 3.63) is 0 Å². The Bertz CT molecular complexity index is 2800. The number of carbonyl (C=O) groups is 11. The number of likely N-dealkylation sites (N-methyl/N-ethyl adjacent to an activating group) is 6. The van der Waals surface area contributed by atoms with E-state index in [0.717, 1.165) is 38.5 Å². The van der Waals surface area contributed by atoms with Gasteiger partial charge in [0.15, 0.2) is 0 Å². The quantitative estimate of drug-likeness (QED) is 0.190. The summed E-state index contributed by atoms with van der Waals surface area (Å²) in [6, 6.07) is -9.50. The molecule has 13 atom stereocenters. The lowest BCUT2D eigenvalue weighted by atomic mass is 9.78. The number of alkyl halides is 4. The van der Waals surface area contributed by atoms with Crippen LogP contribution in [-0.2, 0) is 52.7 Å². The van der Waals surface area contributed by atoms with Crippen LogP contribution in [0.25, 0.3) is 0 Å². The van der Waals surface area contributed by atoms with E-state index in [-0.39, 0.29) is 114 Å². The number of hydrogen-bond donors (Lipinski definition) is 3. The van der Waals surface area contributed by atoms with Crippen molar-refractivity contribution in [2.24, 2.45) is 41.4 Å². The summed E-state index contributed by atoms with van der Waals surface area (Å²) >= 11 is 6.41. The molecule has 7 rings (SSSR count). The van der Waals surface area contributed by atoms with Gasteiger partial charge in [0.05, 0.1) is 12.5 Å². The molecule has 0 radical (unpaired) electrons. The van der Waals surface area contributed by atoms with E-state index >= 15 is 24.0 Å². The van der Waals surface area contributed by atoms with Gasteiger partial charge in [-0.1, -0.05) is 92.4 Å². The van der Waals surface area contributed by atoms with E-state index < -0.39 is 155 Å². The highest BCUT2D eigenvalue weighted by atomic mass is 35.5. The highest BCUT2D eigenvalue weighted by molar-refractivity contribution is 6.20. The summed E-state index contributed by atoms with van der Waals surface area (Å²) < 4.78 is 42.0. The number of hydrogen-bond acceptors (Lipinski definition) is 11.